The van der Waals surface area contributed by atoms with Crippen molar-refractivity contribution in [3.05, 3.63) is 11.8 Å². The zero-order valence-corrected chi connectivity index (χ0v) is 8.66. The second kappa shape index (κ2) is 3.01. The van der Waals surface area contributed by atoms with Gasteiger partial charge in [-0.25, -0.2) is 4.68 Å². The minimum atomic E-state index is 0.675. The van der Waals surface area contributed by atoms with Crippen LogP contribution < -0.4 is 5.32 Å². The monoisotopic (exact) mass is 191 g/mol. The zero-order valence-electron chi connectivity index (χ0n) is 8.66. The van der Waals surface area contributed by atoms with E-state index in [1.807, 2.05) is 0 Å². The van der Waals surface area contributed by atoms with Crippen LogP contribution in [0.15, 0.2) is 6.07 Å². The summed E-state index contributed by atoms with van der Waals surface area (Å²) in [5.41, 5.74) is 1.14. The van der Waals surface area contributed by atoms with Crippen molar-refractivity contribution >= 4 is 5.82 Å². The molecular formula is C11H17N3. The topological polar surface area (TPSA) is 29.9 Å². The minimum absolute atomic E-state index is 0.675. The molecule has 1 fully saturated rings. The van der Waals surface area contributed by atoms with Gasteiger partial charge in [0.05, 0.1) is 11.7 Å². The summed E-state index contributed by atoms with van der Waals surface area (Å²) in [6.07, 6.45) is 5.47. The van der Waals surface area contributed by atoms with Crippen molar-refractivity contribution in [3.63, 3.8) is 0 Å². The molecule has 0 radical (unpaired) electrons. The van der Waals surface area contributed by atoms with Gasteiger partial charge in [0.1, 0.15) is 5.82 Å². The number of nitrogens with one attached hydrogen (secondary N) is 1. The highest BCUT2D eigenvalue weighted by Gasteiger charge is 2.31. The summed E-state index contributed by atoms with van der Waals surface area (Å²) < 4.78 is 2.22. The van der Waals surface area contributed by atoms with Gasteiger partial charge in [-0.3, -0.25) is 0 Å². The van der Waals surface area contributed by atoms with Gasteiger partial charge in [0.15, 0.2) is 0 Å². The number of anilines is 1. The van der Waals surface area contributed by atoms with Crippen molar-refractivity contribution in [1.29, 1.82) is 0 Å². The smallest absolute Gasteiger partial charge is 0.124 e. The van der Waals surface area contributed by atoms with Crippen LogP contribution in [0.3, 0.4) is 0 Å². The third-order valence-corrected chi connectivity index (χ3v) is 3.59. The van der Waals surface area contributed by atoms with E-state index in [-0.39, 0.29) is 0 Å². The Labute approximate surface area is 84.5 Å². The van der Waals surface area contributed by atoms with E-state index in [4.69, 9.17) is 0 Å². The molecule has 3 nitrogen and oxygen atoms in total. The van der Waals surface area contributed by atoms with Crippen LogP contribution in [0, 0.1) is 12.8 Å². The van der Waals surface area contributed by atoms with Gasteiger partial charge in [0, 0.05) is 12.6 Å². The van der Waals surface area contributed by atoms with Crippen molar-refractivity contribution in [2.24, 2.45) is 5.92 Å². The van der Waals surface area contributed by atoms with E-state index in [0.717, 1.165) is 18.2 Å². The normalized spacial score (nSPS) is 30.4. The van der Waals surface area contributed by atoms with Crippen molar-refractivity contribution in [1.82, 2.24) is 9.78 Å². The number of fused-ring (bicyclic) bond motifs is 3. The third-order valence-electron chi connectivity index (χ3n) is 3.59. The fourth-order valence-electron chi connectivity index (χ4n) is 2.89. The average Bonchev–Trinajstić information content (AvgIpc) is 2.59. The number of rotatable bonds is 0. The van der Waals surface area contributed by atoms with Gasteiger partial charge in [0.25, 0.3) is 0 Å². The third kappa shape index (κ3) is 1.15. The maximum absolute atomic E-state index is 4.59. The van der Waals surface area contributed by atoms with Gasteiger partial charge < -0.3 is 5.32 Å². The standard InChI is InChI=1S/C11H17N3/c1-8-6-11-12-7-9-4-2-3-5-10(9)14(11)13-8/h6,9-10,12H,2-5,7H2,1H3. The van der Waals surface area contributed by atoms with Gasteiger partial charge in [-0.15, -0.1) is 0 Å². The molecule has 14 heavy (non-hydrogen) atoms. The van der Waals surface area contributed by atoms with Crippen molar-refractivity contribution < 1.29 is 0 Å². The van der Waals surface area contributed by atoms with E-state index in [1.165, 1.54) is 31.5 Å². The van der Waals surface area contributed by atoms with Crippen molar-refractivity contribution in [3.8, 4) is 0 Å². The molecular weight excluding hydrogens is 174 g/mol. The second-order valence-corrected chi connectivity index (χ2v) is 4.61. The molecule has 0 aromatic carbocycles. The first-order chi connectivity index (χ1) is 6.84. The highest BCUT2D eigenvalue weighted by molar-refractivity contribution is 5.39. The molecule has 0 spiro atoms. The fourth-order valence-corrected chi connectivity index (χ4v) is 2.89. The molecule has 2 atom stereocenters. The first-order valence-electron chi connectivity index (χ1n) is 5.64. The van der Waals surface area contributed by atoms with Crippen LogP contribution in [0.1, 0.15) is 37.4 Å². The number of hydrogen-bond acceptors (Lipinski definition) is 2. The molecule has 1 N–H and O–H groups in total. The Kier molecular flexibility index (Phi) is 1.79. The first-order valence-corrected chi connectivity index (χ1v) is 5.64. The Morgan fingerprint density at radius 2 is 2.29 bits per heavy atom. The number of nitrogens with zero attached hydrogens (tertiary/aromatic N) is 2. The molecule has 3 rings (SSSR count). The van der Waals surface area contributed by atoms with Gasteiger partial charge in [0.2, 0.25) is 0 Å². The van der Waals surface area contributed by atoms with Gasteiger partial charge in [-0.05, 0) is 25.7 Å². The SMILES string of the molecule is Cc1cc2n(n1)C1CCCCC1CN2. The van der Waals surface area contributed by atoms with Crippen molar-refractivity contribution in [2.75, 3.05) is 11.9 Å². The highest BCUT2D eigenvalue weighted by Crippen LogP contribution is 2.38. The largest absolute Gasteiger partial charge is 0.370 e. The molecule has 2 unspecified atom stereocenters. The number of aromatic nitrogens is 2. The summed E-state index contributed by atoms with van der Waals surface area (Å²) in [5.74, 6) is 2.04. The van der Waals surface area contributed by atoms with Crippen molar-refractivity contribution in [2.45, 2.75) is 38.6 Å². The second-order valence-electron chi connectivity index (χ2n) is 4.61. The van der Waals surface area contributed by atoms with Crippen LogP contribution in [0.25, 0.3) is 0 Å². The van der Waals surface area contributed by atoms with Crippen LogP contribution in [0.2, 0.25) is 0 Å². The molecule has 1 aliphatic carbocycles. The Balaban J connectivity index is 1.98. The van der Waals surface area contributed by atoms with Crippen LogP contribution in [-0.4, -0.2) is 16.3 Å². The lowest BCUT2D eigenvalue weighted by Gasteiger charge is -2.36. The number of hydrogen-bond donors (Lipinski definition) is 1. The molecule has 0 bridgehead atoms. The lowest BCUT2D eigenvalue weighted by atomic mass is 9.83. The van der Waals surface area contributed by atoms with E-state index in [0.29, 0.717) is 6.04 Å². The molecule has 76 valence electrons. The molecule has 1 aromatic heterocycles. The summed E-state index contributed by atoms with van der Waals surface area (Å²) >= 11 is 0. The summed E-state index contributed by atoms with van der Waals surface area (Å²) in [7, 11) is 0. The molecule has 0 amide bonds. The van der Waals surface area contributed by atoms with Gasteiger partial charge in [-0.1, -0.05) is 12.8 Å². The molecule has 1 aliphatic heterocycles. The maximum atomic E-state index is 4.59. The highest BCUT2D eigenvalue weighted by atomic mass is 15.4. The maximum Gasteiger partial charge on any atom is 0.124 e. The van der Waals surface area contributed by atoms with E-state index < -0.39 is 0 Å². The molecule has 2 aliphatic rings. The van der Waals surface area contributed by atoms with Gasteiger partial charge >= 0.3 is 0 Å². The summed E-state index contributed by atoms with van der Waals surface area (Å²) in [5, 5.41) is 8.07. The molecule has 1 saturated carbocycles. The quantitative estimate of drug-likeness (QED) is 0.682. The molecule has 0 saturated heterocycles. The lowest BCUT2D eigenvalue weighted by molar-refractivity contribution is 0.222. The zero-order chi connectivity index (χ0) is 9.54. The van der Waals surface area contributed by atoms with Crippen LogP contribution in [0.5, 0.6) is 0 Å². The Hall–Kier alpha value is -0.990. The Bertz CT molecular complexity index is 342. The Morgan fingerprint density at radius 3 is 3.21 bits per heavy atom. The first kappa shape index (κ1) is 8.33. The average molecular weight is 191 g/mol. The minimum Gasteiger partial charge on any atom is -0.370 e. The summed E-state index contributed by atoms with van der Waals surface area (Å²) in [6, 6.07) is 2.83. The predicted molar refractivity (Wildman–Crippen MR) is 56.4 cm³/mol. The van der Waals surface area contributed by atoms with Crippen LogP contribution in [0.4, 0.5) is 5.82 Å². The lowest BCUT2D eigenvalue weighted by Crippen LogP contribution is -2.34. The van der Waals surface area contributed by atoms with Gasteiger partial charge in [-0.2, -0.15) is 5.10 Å². The van der Waals surface area contributed by atoms with Crippen LogP contribution >= 0.6 is 0 Å². The molecule has 1 aromatic rings. The van der Waals surface area contributed by atoms with E-state index in [2.05, 4.69) is 28.1 Å². The van der Waals surface area contributed by atoms with Crippen LogP contribution in [-0.2, 0) is 0 Å². The summed E-state index contributed by atoms with van der Waals surface area (Å²) in [4.78, 5) is 0. The molecule has 3 heteroatoms. The Morgan fingerprint density at radius 1 is 1.43 bits per heavy atom. The van der Waals surface area contributed by atoms with E-state index >= 15 is 0 Å². The van der Waals surface area contributed by atoms with E-state index in [1.54, 1.807) is 0 Å². The van der Waals surface area contributed by atoms with E-state index in [9.17, 15) is 0 Å². The molecule has 2 heterocycles. The summed E-state index contributed by atoms with van der Waals surface area (Å²) in [6.45, 7) is 3.22. The number of aryl methyl sites for hydroxylation is 1. The predicted octanol–water partition coefficient (Wildman–Crippen LogP) is 2.35. The fraction of sp³-hybridized carbons (Fsp3) is 0.727.